The lowest BCUT2D eigenvalue weighted by Crippen LogP contribution is -2.41. The van der Waals surface area contributed by atoms with Crippen molar-refractivity contribution >= 4 is 20.0 Å². The van der Waals surface area contributed by atoms with Gasteiger partial charge in [-0.05, 0) is 25.6 Å². The van der Waals surface area contributed by atoms with Crippen LogP contribution >= 0.6 is 0 Å². The number of rotatable bonds is 6. The molecule has 0 unspecified atom stereocenters. The molecule has 2 N–H and O–H groups in total. The first kappa shape index (κ1) is 20.2. The van der Waals surface area contributed by atoms with E-state index in [2.05, 4.69) is 15.6 Å². The minimum atomic E-state index is -3.12. The van der Waals surface area contributed by atoms with E-state index in [-0.39, 0.29) is 30.1 Å². The maximum Gasteiger partial charge on any atom is 0.261 e. The highest BCUT2D eigenvalue weighted by molar-refractivity contribution is 6.72. The van der Waals surface area contributed by atoms with Gasteiger partial charge in [0.25, 0.3) is 5.91 Å². The molecule has 1 fully saturated rings. The molecule has 0 radical (unpaired) electrons. The van der Waals surface area contributed by atoms with E-state index < -0.39 is 14.0 Å². The van der Waals surface area contributed by atoms with Crippen LogP contribution in [0.3, 0.4) is 0 Å². The number of hydrogen-bond donors (Lipinski definition) is 2. The highest BCUT2D eigenvalue weighted by Crippen LogP contribution is 2.58. The van der Waals surface area contributed by atoms with Crippen molar-refractivity contribution < 1.29 is 18.7 Å². The SMILES string of the molecule is C[C@@H]1[C@@H]([Si](C)(C)F)[C@H](CCn2cc(CCO)nn2)O[C@@]12C(=O)Nc1ccccc12. The lowest BCUT2D eigenvalue weighted by Gasteiger charge is -2.30. The van der Waals surface area contributed by atoms with Crippen molar-refractivity contribution in [2.45, 2.75) is 56.7 Å². The zero-order chi connectivity index (χ0) is 20.8. The third-order valence-electron chi connectivity index (χ3n) is 6.22. The van der Waals surface area contributed by atoms with Crippen LogP contribution in [-0.4, -0.2) is 47.1 Å². The lowest BCUT2D eigenvalue weighted by molar-refractivity contribution is -0.143. The normalized spacial score (nSPS) is 28.7. The molecular weight excluding hydrogens is 391 g/mol. The first-order chi connectivity index (χ1) is 13.8. The van der Waals surface area contributed by atoms with Crippen LogP contribution in [0.5, 0.6) is 0 Å². The number of aryl methyl sites for hydroxylation is 1. The average molecular weight is 419 g/mol. The summed E-state index contributed by atoms with van der Waals surface area (Å²) in [5.41, 5.74) is 0.791. The lowest BCUT2D eigenvalue weighted by atomic mass is 9.82. The van der Waals surface area contributed by atoms with Crippen LogP contribution in [0.2, 0.25) is 18.6 Å². The summed E-state index contributed by atoms with van der Waals surface area (Å²) >= 11 is 0. The highest BCUT2D eigenvalue weighted by atomic mass is 28.4. The number of ether oxygens (including phenoxy) is 1. The number of aromatic nitrogens is 3. The Morgan fingerprint density at radius 2 is 2.14 bits per heavy atom. The number of carbonyl (C=O) groups excluding carboxylic acids is 1. The van der Waals surface area contributed by atoms with E-state index >= 15 is 4.11 Å². The fourth-order valence-electron chi connectivity index (χ4n) is 5.03. The number of amides is 1. The van der Waals surface area contributed by atoms with Crippen LogP contribution < -0.4 is 5.32 Å². The first-order valence-corrected chi connectivity index (χ1v) is 13.0. The van der Waals surface area contributed by atoms with Gasteiger partial charge in [-0.3, -0.25) is 9.48 Å². The maximum atomic E-state index is 15.4. The molecule has 29 heavy (non-hydrogen) atoms. The molecule has 1 saturated heterocycles. The van der Waals surface area contributed by atoms with Gasteiger partial charge in [0.1, 0.15) is 0 Å². The number of fused-ring (bicyclic) bond motifs is 2. The molecule has 9 heteroatoms. The molecule has 0 aliphatic carbocycles. The Morgan fingerprint density at radius 3 is 2.86 bits per heavy atom. The van der Waals surface area contributed by atoms with E-state index in [0.717, 1.165) is 11.3 Å². The Morgan fingerprint density at radius 1 is 1.38 bits per heavy atom. The fourth-order valence-corrected chi connectivity index (χ4v) is 7.57. The van der Waals surface area contributed by atoms with Gasteiger partial charge in [-0.2, -0.15) is 0 Å². The smallest absolute Gasteiger partial charge is 0.261 e. The number of halogens is 1. The highest BCUT2D eigenvalue weighted by Gasteiger charge is 2.64. The van der Waals surface area contributed by atoms with Crippen LogP contribution in [0.4, 0.5) is 9.80 Å². The van der Waals surface area contributed by atoms with Gasteiger partial charge in [0, 0.05) is 48.5 Å². The Bertz CT molecular complexity index is 915. The monoisotopic (exact) mass is 418 g/mol. The van der Waals surface area contributed by atoms with Gasteiger partial charge < -0.3 is 19.3 Å². The Kier molecular flexibility index (Phi) is 5.08. The number of aliphatic hydroxyl groups excluding tert-OH is 1. The van der Waals surface area contributed by atoms with Gasteiger partial charge in [-0.15, -0.1) is 5.10 Å². The molecule has 2 aliphatic heterocycles. The molecule has 7 nitrogen and oxygen atoms in total. The maximum absolute atomic E-state index is 15.4. The summed E-state index contributed by atoms with van der Waals surface area (Å²) in [5, 5.41) is 20.1. The summed E-state index contributed by atoms with van der Waals surface area (Å²) in [4.78, 5) is 13.0. The zero-order valence-electron chi connectivity index (χ0n) is 16.9. The van der Waals surface area contributed by atoms with Crippen molar-refractivity contribution in [3.8, 4) is 0 Å². The van der Waals surface area contributed by atoms with E-state index in [4.69, 9.17) is 9.84 Å². The molecule has 0 bridgehead atoms. The summed E-state index contributed by atoms with van der Waals surface area (Å²) < 4.78 is 23.6. The van der Waals surface area contributed by atoms with Gasteiger partial charge in [-0.1, -0.05) is 30.3 Å². The molecule has 1 aromatic heterocycles. The van der Waals surface area contributed by atoms with E-state index in [1.54, 1.807) is 24.0 Å². The van der Waals surface area contributed by atoms with Crippen molar-refractivity contribution in [2.75, 3.05) is 11.9 Å². The van der Waals surface area contributed by atoms with Gasteiger partial charge in [0.15, 0.2) is 5.60 Å². The number of nitrogens with zero attached hydrogens (tertiary/aromatic N) is 3. The largest absolute Gasteiger partial charge is 0.396 e. The first-order valence-electron chi connectivity index (χ1n) is 10.0. The van der Waals surface area contributed by atoms with Crippen LogP contribution in [0, 0.1) is 5.92 Å². The topological polar surface area (TPSA) is 89.3 Å². The second-order valence-electron chi connectivity index (χ2n) is 8.51. The van der Waals surface area contributed by atoms with Crippen molar-refractivity contribution in [3.05, 3.63) is 41.7 Å². The molecule has 2 aliphatic rings. The predicted octanol–water partition coefficient (Wildman–Crippen LogP) is 2.63. The van der Waals surface area contributed by atoms with Crippen LogP contribution in [0.1, 0.15) is 24.6 Å². The second kappa shape index (κ2) is 7.30. The van der Waals surface area contributed by atoms with Crippen LogP contribution in [0.15, 0.2) is 30.5 Å². The van der Waals surface area contributed by atoms with Gasteiger partial charge in [0.05, 0.1) is 11.8 Å². The Hall–Kier alpha value is -2.10. The third-order valence-corrected chi connectivity index (χ3v) is 8.68. The van der Waals surface area contributed by atoms with E-state index in [1.807, 2.05) is 31.2 Å². The van der Waals surface area contributed by atoms with Gasteiger partial charge >= 0.3 is 0 Å². The van der Waals surface area contributed by atoms with Crippen molar-refractivity contribution in [3.63, 3.8) is 0 Å². The van der Waals surface area contributed by atoms with Gasteiger partial charge in [-0.25, -0.2) is 0 Å². The van der Waals surface area contributed by atoms with Gasteiger partial charge in [0.2, 0.25) is 8.41 Å². The molecule has 1 aromatic carbocycles. The fraction of sp³-hybridized carbons (Fsp3) is 0.550. The molecule has 1 amide bonds. The van der Waals surface area contributed by atoms with E-state index in [0.29, 0.717) is 25.1 Å². The summed E-state index contributed by atoms with van der Waals surface area (Å²) in [6.07, 6.45) is 2.38. The van der Waals surface area contributed by atoms with Crippen molar-refractivity contribution in [2.24, 2.45) is 5.92 Å². The molecule has 0 saturated carbocycles. The minimum absolute atomic E-state index is 0.0166. The number of aliphatic hydroxyl groups is 1. The minimum Gasteiger partial charge on any atom is -0.396 e. The zero-order valence-corrected chi connectivity index (χ0v) is 17.9. The Balaban J connectivity index is 1.62. The predicted molar refractivity (Wildman–Crippen MR) is 109 cm³/mol. The molecule has 2 aromatic rings. The molecule has 156 valence electrons. The summed E-state index contributed by atoms with van der Waals surface area (Å²) in [6.45, 7) is 5.85. The summed E-state index contributed by atoms with van der Waals surface area (Å²) in [7, 11) is -3.12. The molecule has 1 spiro atoms. The van der Waals surface area contributed by atoms with Crippen molar-refractivity contribution in [1.29, 1.82) is 0 Å². The van der Waals surface area contributed by atoms with E-state index in [9.17, 15) is 4.79 Å². The van der Waals surface area contributed by atoms with E-state index in [1.165, 1.54) is 0 Å². The molecule has 4 atom stereocenters. The number of carbonyl (C=O) groups is 1. The third kappa shape index (κ3) is 3.30. The number of benzene rings is 1. The quantitative estimate of drug-likeness (QED) is 0.556. The summed E-state index contributed by atoms with van der Waals surface area (Å²) in [5.74, 6) is -0.480. The number of para-hydroxylation sites is 1. The number of hydrogen-bond acceptors (Lipinski definition) is 5. The second-order valence-corrected chi connectivity index (χ2v) is 12.3. The Labute approximate surface area is 170 Å². The van der Waals surface area contributed by atoms with Crippen molar-refractivity contribution in [1.82, 2.24) is 15.0 Å². The number of anilines is 1. The van der Waals surface area contributed by atoms with Crippen LogP contribution in [0.25, 0.3) is 0 Å². The summed E-state index contributed by atoms with van der Waals surface area (Å²) in [6, 6.07) is 7.51. The molecule has 4 rings (SSSR count). The van der Waals surface area contributed by atoms with Crippen LogP contribution in [-0.2, 0) is 28.1 Å². The molecular formula is C20H27FN4O3Si. The number of nitrogens with one attached hydrogen (secondary N) is 1. The molecule has 3 heterocycles. The standard InChI is InChI=1S/C20H27FN4O3Si/c1-13-18(29(2,3)21)17(8-10-25-12-14(9-11-26)23-24-25)28-20(13)15-6-4-5-7-16(15)22-19(20)27/h4-7,12-13,17-18,26H,8-11H2,1-3H3,(H,22,27)/t13-,17+,18-,20+/m1/s1. The average Bonchev–Trinajstić information content (AvgIpc) is 3.30.